The quantitative estimate of drug-likeness (QED) is 0.690. The zero-order chi connectivity index (χ0) is 12.7. The number of rotatable bonds is 7. The molecule has 0 aromatic heterocycles. The van der Waals surface area contributed by atoms with E-state index >= 15 is 0 Å². The summed E-state index contributed by atoms with van der Waals surface area (Å²) in [6.45, 7) is 9.00. The van der Waals surface area contributed by atoms with Crippen LogP contribution in [0.15, 0.2) is 0 Å². The Hall–Kier alpha value is -0.610. The Labute approximate surface area is 105 Å². The Morgan fingerprint density at radius 2 is 1.82 bits per heavy atom. The number of carboxylic acids is 1. The monoisotopic (exact) mass is 242 g/mol. The molecule has 0 aromatic carbocycles. The largest absolute Gasteiger partial charge is 0.480 e. The fourth-order valence-corrected chi connectivity index (χ4v) is 2.29. The predicted octanol–water partition coefficient (Wildman–Crippen LogP) is 1.66. The molecule has 1 fully saturated rings. The SMILES string of the molecule is CCCCCCN1CCN(C(C)C(=O)O)CC1. The second kappa shape index (κ2) is 7.67. The first kappa shape index (κ1) is 14.5. The lowest BCUT2D eigenvalue weighted by molar-refractivity contribution is -0.143. The molecule has 0 saturated carbocycles. The minimum atomic E-state index is -0.707. The van der Waals surface area contributed by atoms with Crippen LogP contribution in [0.2, 0.25) is 0 Å². The van der Waals surface area contributed by atoms with Gasteiger partial charge in [-0.15, -0.1) is 0 Å². The highest BCUT2D eigenvalue weighted by Gasteiger charge is 2.24. The van der Waals surface area contributed by atoms with Crippen LogP contribution in [0.4, 0.5) is 0 Å². The van der Waals surface area contributed by atoms with E-state index in [1.54, 1.807) is 6.92 Å². The molecule has 4 nitrogen and oxygen atoms in total. The van der Waals surface area contributed by atoms with Gasteiger partial charge in [0.2, 0.25) is 0 Å². The van der Waals surface area contributed by atoms with Gasteiger partial charge in [0.25, 0.3) is 0 Å². The Morgan fingerprint density at radius 1 is 1.18 bits per heavy atom. The molecule has 1 N–H and O–H groups in total. The van der Waals surface area contributed by atoms with E-state index in [2.05, 4.69) is 16.7 Å². The van der Waals surface area contributed by atoms with E-state index in [4.69, 9.17) is 5.11 Å². The Bertz CT molecular complexity index is 225. The predicted molar refractivity (Wildman–Crippen MR) is 69.3 cm³/mol. The zero-order valence-electron chi connectivity index (χ0n) is 11.2. The molecule has 0 amide bonds. The number of hydrogen-bond donors (Lipinski definition) is 1. The summed E-state index contributed by atoms with van der Waals surface area (Å²) in [4.78, 5) is 15.4. The van der Waals surface area contributed by atoms with E-state index in [0.717, 1.165) is 26.2 Å². The van der Waals surface area contributed by atoms with E-state index in [1.807, 2.05) is 0 Å². The maximum Gasteiger partial charge on any atom is 0.320 e. The minimum Gasteiger partial charge on any atom is -0.480 e. The van der Waals surface area contributed by atoms with Gasteiger partial charge in [-0.05, 0) is 19.9 Å². The molecule has 1 rings (SSSR count). The van der Waals surface area contributed by atoms with Gasteiger partial charge in [0, 0.05) is 26.2 Å². The second-order valence-corrected chi connectivity index (χ2v) is 4.95. The summed E-state index contributed by atoms with van der Waals surface area (Å²) < 4.78 is 0. The van der Waals surface area contributed by atoms with Crippen LogP contribution in [0.1, 0.15) is 39.5 Å². The lowest BCUT2D eigenvalue weighted by Gasteiger charge is -2.36. The summed E-state index contributed by atoms with van der Waals surface area (Å²) in [5.41, 5.74) is 0. The normalized spacial score (nSPS) is 20.4. The fourth-order valence-electron chi connectivity index (χ4n) is 2.29. The topological polar surface area (TPSA) is 43.8 Å². The number of hydrogen-bond acceptors (Lipinski definition) is 3. The van der Waals surface area contributed by atoms with Crippen molar-refractivity contribution in [3.63, 3.8) is 0 Å². The summed E-state index contributed by atoms with van der Waals surface area (Å²) in [6, 6.07) is -0.336. The van der Waals surface area contributed by atoms with Gasteiger partial charge >= 0.3 is 5.97 Å². The fraction of sp³-hybridized carbons (Fsp3) is 0.923. The lowest BCUT2D eigenvalue weighted by atomic mass is 10.2. The summed E-state index contributed by atoms with van der Waals surface area (Å²) in [5, 5.41) is 8.95. The van der Waals surface area contributed by atoms with Crippen molar-refractivity contribution in [3.8, 4) is 0 Å². The van der Waals surface area contributed by atoms with Gasteiger partial charge in [0.1, 0.15) is 6.04 Å². The van der Waals surface area contributed by atoms with Crippen molar-refractivity contribution in [2.45, 2.75) is 45.6 Å². The van der Waals surface area contributed by atoms with Crippen molar-refractivity contribution >= 4 is 5.97 Å². The maximum atomic E-state index is 10.9. The highest BCUT2D eigenvalue weighted by Crippen LogP contribution is 2.08. The van der Waals surface area contributed by atoms with Crippen LogP contribution < -0.4 is 0 Å². The van der Waals surface area contributed by atoms with Crippen molar-refractivity contribution in [1.82, 2.24) is 9.80 Å². The molecule has 1 heterocycles. The van der Waals surface area contributed by atoms with Crippen LogP contribution in [-0.4, -0.2) is 59.6 Å². The van der Waals surface area contributed by atoms with Crippen LogP contribution in [0.3, 0.4) is 0 Å². The number of nitrogens with zero attached hydrogens (tertiary/aromatic N) is 2. The molecule has 1 saturated heterocycles. The highest BCUT2D eigenvalue weighted by molar-refractivity contribution is 5.72. The van der Waals surface area contributed by atoms with E-state index in [1.165, 1.54) is 32.2 Å². The molecule has 0 radical (unpaired) electrons. The molecule has 1 atom stereocenters. The van der Waals surface area contributed by atoms with E-state index < -0.39 is 5.97 Å². The van der Waals surface area contributed by atoms with Gasteiger partial charge in [-0.3, -0.25) is 9.69 Å². The molecule has 1 aliphatic heterocycles. The van der Waals surface area contributed by atoms with Crippen molar-refractivity contribution < 1.29 is 9.90 Å². The molecular formula is C13H26N2O2. The molecule has 0 spiro atoms. The molecule has 17 heavy (non-hydrogen) atoms. The standard InChI is InChI=1S/C13H26N2O2/c1-3-4-5-6-7-14-8-10-15(11-9-14)12(2)13(16)17/h12H,3-11H2,1-2H3,(H,16,17). The number of carbonyl (C=O) groups is 1. The molecule has 1 aliphatic rings. The smallest absolute Gasteiger partial charge is 0.320 e. The van der Waals surface area contributed by atoms with Gasteiger partial charge in [0.05, 0.1) is 0 Å². The van der Waals surface area contributed by atoms with Crippen LogP contribution in [-0.2, 0) is 4.79 Å². The number of aliphatic carboxylic acids is 1. The van der Waals surface area contributed by atoms with Crippen molar-refractivity contribution in [1.29, 1.82) is 0 Å². The Morgan fingerprint density at radius 3 is 2.35 bits per heavy atom. The molecule has 0 aliphatic carbocycles. The molecule has 0 bridgehead atoms. The lowest BCUT2D eigenvalue weighted by Crippen LogP contribution is -2.51. The third-order valence-corrected chi connectivity index (χ3v) is 3.64. The first-order valence-electron chi connectivity index (χ1n) is 6.84. The maximum absolute atomic E-state index is 10.9. The minimum absolute atomic E-state index is 0.336. The number of carboxylic acid groups (broad SMARTS) is 1. The molecule has 4 heteroatoms. The van der Waals surface area contributed by atoms with Crippen LogP contribution in [0.5, 0.6) is 0 Å². The van der Waals surface area contributed by atoms with E-state index in [0.29, 0.717) is 0 Å². The van der Waals surface area contributed by atoms with E-state index in [-0.39, 0.29) is 6.04 Å². The Balaban J connectivity index is 2.15. The molecular weight excluding hydrogens is 216 g/mol. The van der Waals surface area contributed by atoms with Gasteiger partial charge in [0.15, 0.2) is 0 Å². The average molecular weight is 242 g/mol. The summed E-state index contributed by atoms with van der Waals surface area (Å²) >= 11 is 0. The summed E-state index contributed by atoms with van der Waals surface area (Å²) in [5.74, 6) is -0.707. The third-order valence-electron chi connectivity index (χ3n) is 3.64. The second-order valence-electron chi connectivity index (χ2n) is 4.95. The number of piperazine rings is 1. The van der Waals surface area contributed by atoms with Crippen molar-refractivity contribution in [2.75, 3.05) is 32.7 Å². The number of unbranched alkanes of at least 4 members (excludes halogenated alkanes) is 3. The Kier molecular flexibility index (Phi) is 6.52. The summed E-state index contributed by atoms with van der Waals surface area (Å²) in [6.07, 6.45) is 5.21. The first-order chi connectivity index (χ1) is 8.15. The van der Waals surface area contributed by atoms with Gasteiger partial charge in [-0.2, -0.15) is 0 Å². The van der Waals surface area contributed by atoms with Crippen LogP contribution >= 0.6 is 0 Å². The summed E-state index contributed by atoms with van der Waals surface area (Å²) in [7, 11) is 0. The van der Waals surface area contributed by atoms with Gasteiger partial charge in [-0.25, -0.2) is 0 Å². The highest BCUT2D eigenvalue weighted by atomic mass is 16.4. The van der Waals surface area contributed by atoms with Crippen molar-refractivity contribution in [2.24, 2.45) is 0 Å². The van der Waals surface area contributed by atoms with Gasteiger partial charge < -0.3 is 10.0 Å². The van der Waals surface area contributed by atoms with Crippen LogP contribution in [0.25, 0.3) is 0 Å². The molecule has 1 unspecified atom stereocenters. The van der Waals surface area contributed by atoms with Crippen molar-refractivity contribution in [3.05, 3.63) is 0 Å². The first-order valence-corrected chi connectivity index (χ1v) is 6.84. The molecule has 0 aromatic rings. The third kappa shape index (κ3) is 5.04. The molecule has 100 valence electrons. The van der Waals surface area contributed by atoms with Crippen LogP contribution in [0, 0.1) is 0 Å². The average Bonchev–Trinajstić information content (AvgIpc) is 2.34. The van der Waals surface area contributed by atoms with E-state index in [9.17, 15) is 4.79 Å². The van der Waals surface area contributed by atoms with Gasteiger partial charge in [-0.1, -0.05) is 26.2 Å². The zero-order valence-corrected chi connectivity index (χ0v) is 11.2.